The molecule has 1 heterocycles. The molecule has 0 saturated carbocycles. The van der Waals surface area contributed by atoms with Crippen molar-refractivity contribution >= 4 is 23.3 Å². The Morgan fingerprint density at radius 1 is 1.47 bits per heavy atom. The lowest BCUT2D eigenvalue weighted by molar-refractivity contribution is 0.1000. The van der Waals surface area contributed by atoms with Crippen molar-refractivity contribution in [1.29, 1.82) is 0 Å². The number of carbonyl (C=O) groups excluding carboxylic acids is 1. The standard InChI is InChI=1S/C13H20ClN3O2/c1-8(2)6-19-7-9(3)17-13-11(14)4-10(5-16-13)12(15)18/h4-5,8-9H,6-7H2,1-3H3,(H2,15,18)(H,16,17). The van der Waals surface area contributed by atoms with Crippen LogP contribution in [0.15, 0.2) is 12.3 Å². The number of nitrogens with one attached hydrogen (secondary N) is 1. The molecule has 0 aliphatic rings. The van der Waals surface area contributed by atoms with Crippen molar-refractivity contribution < 1.29 is 9.53 Å². The zero-order valence-electron chi connectivity index (χ0n) is 11.4. The first-order valence-corrected chi connectivity index (χ1v) is 6.57. The molecule has 0 radical (unpaired) electrons. The van der Waals surface area contributed by atoms with E-state index in [1.807, 2.05) is 6.92 Å². The lowest BCUT2D eigenvalue weighted by Gasteiger charge is -2.16. The summed E-state index contributed by atoms with van der Waals surface area (Å²) in [7, 11) is 0. The third-order valence-electron chi connectivity index (χ3n) is 2.33. The molecule has 0 aliphatic carbocycles. The van der Waals surface area contributed by atoms with Crippen molar-refractivity contribution in [3.05, 3.63) is 22.8 Å². The minimum absolute atomic E-state index is 0.0724. The first-order chi connectivity index (χ1) is 8.90. The first kappa shape index (κ1) is 15.7. The fourth-order valence-corrected chi connectivity index (χ4v) is 1.66. The van der Waals surface area contributed by atoms with Crippen molar-refractivity contribution in [2.45, 2.75) is 26.8 Å². The van der Waals surface area contributed by atoms with E-state index in [4.69, 9.17) is 22.1 Å². The number of nitrogens with two attached hydrogens (primary N) is 1. The van der Waals surface area contributed by atoms with Crippen LogP contribution in [0.25, 0.3) is 0 Å². The Balaban J connectivity index is 2.54. The van der Waals surface area contributed by atoms with Gasteiger partial charge in [0.15, 0.2) is 0 Å². The van der Waals surface area contributed by atoms with E-state index in [1.165, 1.54) is 12.3 Å². The van der Waals surface area contributed by atoms with Gasteiger partial charge in [0.05, 0.1) is 17.2 Å². The van der Waals surface area contributed by atoms with Gasteiger partial charge in [-0.2, -0.15) is 0 Å². The van der Waals surface area contributed by atoms with Crippen LogP contribution < -0.4 is 11.1 Å². The van der Waals surface area contributed by atoms with Gasteiger partial charge in [-0.25, -0.2) is 4.98 Å². The fourth-order valence-electron chi connectivity index (χ4n) is 1.43. The number of ether oxygens (including phenoxy) is 1. The summed E-state index contributed by atoms with van der Waals surface area (Å²) in [6.45, 7) is 7.44. The van der Waals surface area contributed by atoms with Gasteiger partial charge in [0.25, 0.3) is 0 Å². The highest BCUT2D eigenvalue weighted by Crippen LogP contribution is 2.20. The summed E-state index contributed by atoms with van der Waals surface area (Å²) in [6, 6.07) is 1.57. The number of rotatable bonds is 7. The lowest BCUT2D eigenvalue weighted by Crippen LogP contribution is -2.23. The largest absolute Gasteiger partial charge is 0.379 e. The molecule has 5 nitrogen and oxygen atoms in total. The van der Waals surface area contributed by atoms with Crippen LogP contribution in [0.1, 0.15) is 31.1 Å². The molecule has 0 saturated heterocycles. The number of hydrogen-bond donors (Lipinski definition) is 2. The maximum atomic E-state index is 11.0. The average molecular weight is 286 g/mol. The summed E-state index contributed by atoms with van der Waals surface area (Å²) in [5, 5.41) is 3.50. The molecular formula is C13H20ClN3O2. The van der Waals surface area contributed by atoms with E-state index in [0.29, 0.717) is 35.5 Å². The number of aromatic nitrogens is 1. The van der Waals surface area contributed by atoms with Crippen LogP contribution in [-0.2, 0) is 4.74 Å². The van der Waals surface area contributed by atoms with E-state index in [0.717, 1.165) is 0 Å². The number of halogens is 1. The number of carbonyl (C=O) groups is 1. The molecule has 1 amide bonds. The van der Waals surface area contributed by atoms with Crippen LogP contribution in [0, 0.1) is 5.92 Å². The highest BCUT2D eigenvalue weighted by Gasteiger charge is 2.10. The molecule has 3 N–H and O–H groups in total. The summed E-state index contributed by atoms with van der Waals surface area (Å²) < 4.78 is 5.52. The normalized spacial score (nSPS) is 12.5. The Hall–Kier alpha value is -1.33. The molecule has 0 spiro atoms. The molecule has 106 valence electrons. The Bertz CT molecular complexity index is 438. The zero-order valence-corrected chi connectivity index (χ0v) is 12.2. The predicted octanol–water partition coefficient (Wildman–Crippen LogP) is 2.31. The number of hydrogen-bond acceptors (Lipinski definition) is 4. The minimum atomic E-state index is -0.547. The zero-order chi connectivity index (χ0) is 14.4. The van der Waals surface area contributed by atoms with Gasteiger partial charge in [0, 0.05) is 18.8 Å². The summed E-state index contributed by atoms with van der Waals surface area (Å²) in [4.78, 5) is 15.1. The number of nitrogens with zero attached hydrogens (tertiary/aromatic N) is 1. The summed E-state index contributed by atoms with van der Waals surface area (Å²) in [5.41, 5.74) is 5.44. The molecular weight excluding hydrogens is 266 g/mol. The van der Waals surface area contributed by atoms with E-state index in [-0.39, 0.29) is 6.04 Å². The van der Waals surface area contributed by atoms with Gasteiger partial charge in [-0.05, 0) is 18.9 Å². The molecule has 1 atom stereocenters. The molecule has 0 aromatic carbocycles. The lowest BCUT2D eigenvalue weighted by atomic mass is 10.2. The third-order valence-corrected chi connectivity index (χ3v) is 2.62. The first-order valence-electron chi connectivity index (χ1n) is 6.19. The smallest absolute Gasteiger partial charge is 0.250 e. The maximum Gasteiger partial charge on any atom is 0.250 e. The molecule has 0 fully saturated rings. The van der Waals surface area contributed by atoms with Crippen LogP contribution >= 0.6 is 11.6 Å². The van der Waals surface area contributed by atoms with Crippen LogP contribution in [0.4, 0.5) is 5.82 Å². The second kappa shape index (κ2) is 7.31. The van der Waals surface area contributed by atoms with Crippen LogP contribution in [0.5, 0.6) is 0 Å². The van der Waals surface area contributed by atoms with E-state index < -0.39 is 5.91 Å². The Kier molecular flexibility index (Phi) is 6.05. The van der Waals surface area contributed by atoms with Gasteiger partial charge in [-0.3, -0.25) is 4.79 Å². The second-order valence-electron chi connectivity index (χ2n) is 4.90. The second-order valence-corrected chi connectivity index (χ2v) is 5.30. The molecule has 1 aromatic heterocycles. The van der Waals surface area contributed by atoms with Crippen molar-refractivity contribution in [1.82, 2.24) is 4.98 Å². The van der Waals surface area contributed by atoms with Crippen LogP contribution in [0.3, 0.4) is 0 Å². The van der Waals surface area contributed by atoms with E-state index in [2.05, 4.69) is 24.1 Å². The maximum absolute atomic E-state index is 11.0. The highest BCUT2D eigenvalue weighted by molar-refractivity contribution is 6.33. The number of amides is 1. The summed E-state index contributed by atoms with van der Waals surface area (Å²) in [6.07, 6.45) is 1.40. The average Bonchev–Trinajstić information content (AvgIpc) is 2.31. The predicted molar refractivity (Wildman–Crippen MR) is 76.5 cm³/mol. The van der Waals surface area contributed by atoms with E-state index in [9.17, 15) is 4.79 Å². The Morgan fingerprint density at radius 3 is 2.68 bits per heavy atom. The molecule has 1 rings (SSSR count). The SMILES string of the molecule is CC(C)COCC(C)Nc1ncc(C(N)=O)cc1Cl. The van der Waals surface area contributed by atoms with Crippen LogP contribution in [-0.4, -0.2) is 30.1 Å². The van der Waals surface area contributed by atoms with E-state index in [1.54, 1.807) is 0 Å². The van der Waals surface area contributed by atoms with Gasteiger partial charge in [-0.1, -0.05) is 25.4 Å². The molecule has 0 bridgehead atoms. The minimum Gasteiger partial charge on any atom is -0.379 e. The van der Waals surface area contributed by atoms with Gasteiger partial charge in [-0.15, -0.1) is 0 Å². The Labute approximate surface area is 118 Å². The van der Waals surface area contributed by atoms with Crippen molar-refractivity contribution in [2.75, 3.05) is 18.5 Å². The molecule has 1 unspecified atom stereocenters. The summed E-state index contributed by atoms with van der Waals surface area (Å²) >= 11 is 6.03. The molecule has 1 aromatic rings. The highest BCUT2D eigenvalue weighted by atomic mass is 35.5. The fraction of sp³-hybridized carbons (Fsp3) is 0.538. The third kappa shape index (κ3) is 5.44. The van der Waals surface area contributed by atoms with Gasteiger partial charge >= 0.3 is 0 Å². The summed E-state index contributed by atoms with van der Waals surface area (Å²) in [5.74, 6) is 0.477. The number of pyridine rings is 1. The van der Waals surface area contributed by atoms with Gasteiger partial charge in [0.2, 0.25) is 5.91 Å². The molecule has 0 aliphatic heterocycles. The quantitative estimate of drug-likeness (QED) is 0.806. The van der Waals surface area contributed by atoms with Crippen LogP contribution in [0.2, 0.25) is 5.02 Å². The molecule has 6 heteroatoms. The molecule has 19 heavy (non-hydrogen) atoms. The number of anilines is 1. The number of primary amides is 1. The van der Waals surface area contributed by atoms with Crippen molar-refractivity contribution in [3.8, 4) is 0 Å². The monoisotopic (exact) mass is 285 g/mol. The Morgan fingerprint density at radius 2 is 2.16 bits per heavy atom. The van der Waals surface area contributed by atoms with Gasteiger partial charge in [0.1, 0.15) is 5.82 Å². The van der Waals surface area contributed by atoms with Crippen molar-refractivity contribution in [2.24, 2.45) is 11.7 Å². The topological polar surface area (TPSA) is 77.2 Å². The van der Waals surface area contributed by atoms with E-state index >= 15 is 0 Å². The van der Waals surface area contributed by atoms with Gasteiger partial charge < -0.3 is 15.8 Å². The van der Waals surface area contributed by atoms with Crippen molar-refractivity contribution in [3.63, 3.8) is 0 Å².